The standard InChI is InChI=1S/C20H24ClN3O3/c1-12-5-2-3-8-20(12,14-6-4-7-15(21)9-14)23-16(25)13-10-19(11-13)17(26)22-18(27)24-19/h4,6-7,9,12-13H,2-3,5,8,10-11H2,1H3,(H,23,25)(H2,22,24,26,27)/t12-,13?,19?,20-/m0/s1. The molecular weight excluding hydrogens is 366 g/mol. The van der Waals surface area contributed by atoms with Crippen molar-refractivity contribution >= 4 is 29.4 Å². The van der Waals surface area contributed by atoms with E-state index in [1.165, 1.54) is 0 Å². The van der Waals surface area contributed by atoms with E-state index in [0.717, 1.165) is 31.2 Å². The number of amides is 4. The van der Waals surface area contributed by atoms with Crippen LogP contribution in [0.3, 0.4) is 0 Å². The van der Waals surface area contributed by atoms with E-state index in [4.69, 9.17) is 11.6 Å². The van der Waals surface area contributed by atoms with E-state index in [9.17, 15) is 14.4 Å². The van der Waals surface area contributed by atoms with Gasteiger partial charge in [-0.3, -0.25) is 14.9 Å². The number of rotatable bonds is 3. The van der Waals surface area contributed by atoms with E-state index >= 15 is 0 Å². The first-order valence-corrected chi connectivity index (χ1v) is 9.94. The highest BCUT2D eigenvalue weighted by Gasteiger charge is 2.58. The van der Waals surface area contributed by atoms with Crippen LogP contribution < -0.4 is 16.0 Å². The molecule has 3 fully saturated rings. The molecule has 1 aromatic carbocycles. The van der Waals surface area contributed by atoms with E-state index in [0.29, 0.717) is 17.9 Å². The second-order valence-corrected chi connectivity index (χ2v) is 8.65. The molecule has 1 spiro atoms. The molecule has 3 aliphatic rings. The Morgan fingerprint density at radius 3 is 2.67 bits per heavy atom. The maximum absolute atomic E-state index is 13.0. The second-order valence-electron chi connectivity index (χ2n) is 8.21. The van der Waals surface area contributed by atoms with Gasteiger partial charge in [0.05, 0.1) is 5.54 Å². The summed E-state index contributed by atoms with van der Waals surface area (Å²) in [6.07, 6.45) is 4.80. The third kappa shape index (κ3) is 3.00. The summed E-state index contributed by atoms with van der Waals surface area (Å²) >= 11 is 6.23. The number of carbonyl (C=O) groups excluding carboxylic acids is 3. The Morgan fingerprint density at radius 1 is 1.26 bits per heavy atom. The van der Waals surface area contributed by atoms with Gasteiger partial charge in [0.15, 0.2) is 0 Å². The summed E-state index contributed by atoms with van der Waals surface area (Å²) in [5.74, 6) is -0.369. The summed E-state index contributed by atoms with van der Waals surface area (Å²) in [6.45, 7) is 2.17. The number of hydrogen-bond donors (Lipinski definition) is 3. The molecule has 2 saturated carbocycles. The molecule has 1 heterocycles. The number of hydrogen-bond acceptors (Lipinski definition) is 3. The normalized spacial score (nSPS) is 35.3. The Bertz CT molecular complexity index is 805. The van der Waals surface area contributed by atoms with Crippen LogP contribution >= 0.6 is 11.6 Å². The fourth-order valence-corrected chi connectivity index (χ4v) is 5.09. The van der Waals surface area contributed by atoms with Gasteiger partial charge in [-0.2, -0.15) is 0 Å². The van der Waals surface area contributed by atoms with Crippen LogP contribution in [-0.4, -0.2) is 23.4 Å². The first kappa shape index (κ1) is 18.3. The molecule has 1 saturated heterocycles. The van der Waals surface area contributed by atoms with Gasteiger partial charge in [0.1, 0.15) is 5.54 Å². The summed E-state index contributed by atoms with van der Waals surface area (Å²) < 4.78 is 0. The largest absolute Gasteiger partial charge is 0.346 e. The lowest BCUT2D eigenvalue weighted by Gasteiger charge is -2.47. The van der Waals surface area contributed by atoms with E-state index < -0.39 is 17.1 Å². The van der Waals surface area contributed by atoms with Gasteiger partial charge in [-0.15, -0.1) is 0 Å². The van der Waals surface area contributed by atoms with Crippen LogP contribution in [0.1, 0.15) is 51.0 Å². The Kier molecular flexibility index (Phi) is 4.41. The van der Waals surface area contributed by atoms with Crippen LogP contribution in [-0.2, 0) is 15.1 Å². The minimum Gasteiger partial charge on any atom is -0.346 e. The van der Waals surface area contributed by atoms with Gasteiger partial charge in [-0.05, 0) is 49.3 Å². The molecule has 0 aromatic heterocycles. The molecule has 4 rings (SSSR count). The first-order chi connectivity index (χ1) is 12.8. The summed E-state index contributed by atoms with van der Waals surface area (Å²) in [5.41, 5.74) is -0.304. The molecule has 7 heteroatoms. The molecule has 1 aliphatic heterocycles. The molecule has 1 aromatic rings. The van der Waals surface area contributed by atoms with Gasteiger partial charge in [-0.25, -0.2) is 4.79 Å². The number of carbonyl (C=O) groups is 3. The summed E-state index contributed by atoms with van der Waals surface area (Å²) in [4.78, 5) is 36.4. The first-order valence-electron chi connectivity index (χ1n) is 9.56. The number of nitrogens with one attached hydrogen (secondary N) is 3. The van der Waals surface area contributed by atoms with Gasteiger partial charge in [0.2, 0.25) is 5.91 Å². The Morgan fingerprint density at radius 2 is 2.04 bits per heavy atom. The highest BCUT2D eigenvalue weighted by Crippen LogP contribution is 2.45. The number of imide groups is 1. The van der Waals surface area contributed by atoms with Gasteiger partial charge in [0, 0.05) is 10.9 Å². The number of benzene rings is 1. The zero-order valence-electron chi connectivity index (χ0n) is 15.3. The zero-order valence-corrected chi connectivity index (χ0v) is 16.1. The molecule has 6 nitrogen and oxygen atoms in total. The van der Waals surface area contributed by atoms with Crippen LogP contribution in [0.15, 0.2) is 24.3 Å². The van der Waals surface area contributed by atoms with Crippen molar-refractivity contribution in [2.45, 2.75) is 56.5 Å². The third-order valence-electron chi connectivity index (χ3n) is 6.56. The molecule has 2 atom stereocenters. The molecule has 4 amide bonds. The van der Waals surface area contributed by atoms with E-state index in [-0.39, 0.29) is 23.7 Å². The third-order valence-corrected chi connectivity index (χ3v) is 6.80. The van der Waals surface area contributed by atoms with E-state index in [1.54, 1.807) is 0 Å². The van der Waals surface area contributed by atoms with Gasteiger partial charge >= 0.3 is 6.03 Å². The molecule has 0 bridgehead atoms. The summed E-state index contributed by atoms with van der Waals surface area (Å²) in [5, 5.41) is 8.90. The fourth-order valence-electron chi connectivity index (χ4n) is 4.90. The highest BCUT2D eigenvalue weighted by molar-refractivity contribution is 6.30. The Balaban J connectivity index is 1.54. The van der Waals surface area contributed by atoms with E-state index in [2.05, 4.69) is 22.9 Å². The topological polar surface area (TPSA) is 87.3 Å². The summed E-state index contributed by atoms with van der Waals surface area (Å²) in [7, 11) is 0. The van der Waals surface area contributed by atoms with Gasteiger partial charge < -0.3 is 10.6 Å². The van der Waals surface area contributed by atoms with Crippen molar-refractivity contribution in [3.63, 3.8) is 0 Å². The molecule has 27 heavy (non-hydrogen) atoms. The number of urea groups is 1. The summed E-state index contributed by atoms with van der Waals surface area (Å²) in [6, 6.07) is 7.25. The second kappa shape index (κ2) is 6.51. The SMILES string of the molecule is C[C@H]1CCCC[C@@]1(NC(=O)C1CC2(C1)NC(=O)NC2=O)c1cccc(Cl)c1. The Labute approximate surface area is 163 Å². The lowest BCUT2D eigenvalue weighted by molar-refractivity contribution is -0.138. The zero-order chi connectivity index (χ0) is 19.2. The van der Waals surface area contributed by atoms with Crippen molar-refractivity contribution in [2.75, 3.05) is 0 Å². The van der Waals surface area contributed by atoms with Crippen LogP contribution in [0.4, 0.5) is 4.79 Å². The fraction of sp³-hybridized carbons (Fsp3) is 0.550. The molecule has 144 valence electrons. The molecule has 0 radical (unpaired) electrons. The Hall–Kier alpha value is -2.08. The van der Waals surface area contributed by atoms with Crippen LogP contribution in [0.25, 0.3) is 0 Å². The average molecular weight is 390 g/mol. The van der Waals surface area contributed by atoms with Crippen LogP contribution in [0, 0.1) is 11.8 Å². The van der Waals surface area contributed by atoms with Gasteiger partial charge in [0.25, 0.3) is 5.91 Å². The predicted molar refractivity (Wildman–Crippen MR) is 101 cm³/mol. The maximum Gasteiger partial charge on any atom is 0.322 e. The minimum atomic E-state index is -0.902. The lowest BCUT2D eigenvalue weighted by Crippen LogP contribution is -2.62. The lowest BCUT2D eigenvalue weighted by atomic mass is 9.66. The molecule has 3 N–H and O–H groups in total. The van der Waals surface area contributed by atoms with Crippen LogP contribution in [0.5, 0.6) is 0 Å². The molecular formula is C20H24ClN3O3. The van der Waals surface area contributed by atoms with Crippen molar-refractivity contribution in [3.05, 3.63) is 34.9 Å². The van der Waals surface area contributed by atoms with Gasteiger partial charge in [-0.1, -0.05) is 43.5 Å². The minimum absolute atomic E-state index is 0.0525. The highest BCUT2D eigenvalue weighted by atomic mass is 35.5. The van der Waals surface area contributed by atoms with Crippen molar-refractivity contribution in [1.82, 2.24) is 16.0 Å². The van der Waals surface area contributed by atoms with Crippen molar-refractivity contribution in [3.8, 4) is 0 Å². The quantitative estimate of drug-likeness (QED) is 0.694. The van der Waals surface area contributed by atoms with Crippen molar-refractivity contribution in [1.29, 1.82) is 0 Å². The molecule has 2 aliphatic carbocycles. The number of halogens is 1. The van der Waals surface area contributed by atoms with Crippen LogP contribution in [0.2, 0.25) is 5.02 Å². The van der Waals surface area contributed by atoms with Crippen molar-refractivity contribution in [2.24, 2.45) is 11.8 Å². The van der Waals surface area contributed by atoms with E-state index in [1.807, 2.05) is 24.3 Å². The smallest absolute Gasteiger partial charge is 0.322 e. The monoisotopic (exact) mass is 389 g/mol. The average Bonchev–Trinajstić information content (AvgIpc) is 2.90. The maximum atomic E-state index is 13.0. The van der Waals surface area contributed by atoms with Crippen molar-refractivity contribution < 1.29 is 14.4 Å². The predicted octanol–water partition coefficient (Wildman–Crippen LogP) is 2.85. The molecule has 0 unspecified atom stereocenters.